The van der Waals surface area contributed by atoms with E-state index in [0.717, 1.165) is 13.0 Å². The number of hydrogen-bond acceptors (Lipinski definition) is 3. The summed E-state index contributed by atoms with van der Waals surface area (Å²) in [5.74, 6) is 0. The van der Waals surface area contributed by atoms with Crippen LogP contribution in [0.3, 0.4) is 0 Å². The Hall–Kier alpha value is -0.190. The molecule has 0 radical (unpaired) electrons. The molecule has 1 aliphatic heterocycles. The fourth-order valence-electron chi connectivity index (χ4n) is 1.94. The molecule has 1 heterocycles. The van der Waals surface area contributed by atoms with Crippen molar-refractivity contribution in [2.75, 3.05) is 19.7 Å². The number of piperidine rings is 1. The SMILES string of the molecule is NC(=S)CN1CCCCC1CCO. The Balaban J connectivity index is 2.41. The zero-order valence-corrected chi connectivity index (χ0v) is 8.72. The minimum absolute atomic E-state index is 0.262. The topological polar surface area (TPSA) is 49.5 Å². The highest BCUT2D eigenvalue weighted by molar-refractivity contribution is 7.80. The molecule has 13 heavy (non-hydrogen) atoms. The molecule has 0 saturated carbocycles. The zero-order chi connectivity index (χ0) is 9.68. The van der Waals surface area contributed by atoms with Crippen molar-refractivity contribution in [3.63, 3.8) is 0 Å². The quantitative estimate of drug-likeness (QED) is 0.652. The second-order valence-electron chi connectivity index (χ2n) is 3.60. The fourth-order valence-corrected chi connectivity index (χ4v) is 2.11. The fraction of sp³-hybridized carbons (Fsp3) is 0.889. The van der Waals surface area contributed by atoms with Crippen LogP contribution in [0, 0.1) is 0 Å². The normalized spacial score (nSPS) is 24.5. The van der Waals surface area contributed by atoms with Crippen molar-refractivity contribution >= 4 is 17.2 Å². The van der Waals surface area contributed by atoms with E-state index in [1.807, 2.05) is 0 Å². The van der Waals surface area contributed by atoms with E-state index in [-0.39, 0.29) is 6.61 Å². The first-order chi connectivity index (χ1) is 6.24. The summed E-state index contributed by atoms with van der Waals surface area (Å²) in [6.07, 6.45) is 4.51. The van der Waals surface area contributed by atoms with Crippen LogP contribution in [-0.2, 0) is 0 Å². The average molecular weight is 202 g/mol. The van der Waals surface area contributed by atoms with Gasteiger partial charge in [0.1, 0.15) is 0 Å². The van der Waals surface area contributed by atoms with E-state index in [0.29, 0.717) is 17.6 Å². The molecule has 0 amide bonds. The summed E-state index contributed by atoms with van der Waals surface area (Å²) in [5.41, 5.74) is 5.51. The summed E-state index contributed by atoms with van der Waals surface area (Å²) < 4.78 is 0. The first kappa shape index (κ1) is 10.9. The van der Waals surface area contributed by atoms with E-state index in [1.165, 1.54) is 19.3 Å². The van der Waals surface area contributed by atoms with Gasteiger partial charge in [0.2, 0.25) is 0 Å². The van der Waals surface area contributed by atoms with Gasteiger partial charge in [0.15, 0.2) is 0 Å². The Morgan fingerprint density at radius 3 is 2.92 bits per heavy atom. The van der Waals surface area contributed by atoms with Crippen molar-refractivity contribution < 1.29 is 5.11 Å². The molecule has 0 bridgehead atoms. The molecule has 1 fully saturated rings. The van der Waals surface area contributed by atoms with Gasteiger partial charge in [-0.3, -0.25) is 4.90 Å². The Kier molecular flexibility index (Phi) is 4.62. The van der Waals surface area contributed by atoms with Crippen LogP contribution in [0.15, 0.2) is 0 Å². The van der Waals surface area contributed by atoms with Crippen LogP contribution in [0.5, 0.6) is 0 Å². The average Bonchev–Trinajstić information content (AvgIpc) is 2.08. The van der Waals surface area contributed by atoms with Gasteiger partial charge in [0.05, 0.1) is 4.99 Å². The lowest BCUT2D eigenvalue weighted by atomic mass is 10.00. The predicted octanol–water partition coefficient (Wildman–Crippen LogP) is 0.509. The van der Waals surface area contributed by atoms with Crippen LogP contribution >= 0.6 is 12.2 Å². The molecular formula is C9H18N2OS. The number of thiocarbonyl (C=S) groups is 1. The summed E-state index contributed by atoms with van der Waals surface area (Å²) in [7, 11) is 0. The number of nitrogens with two attached hydrogens (primary N) is 1. The zero-order valence-electron chi connectivity index (χ0n) is 7.91. The van der Waals surface area contributed by atoms with Gasteiger partial charge >= 0.3 is 0 Å². The highest BCUT2D eigenvalue weighted by Crippen LogP contribution is 2.18. The number of rotatable bonds is 4. The van der Waals surface area contributed by atoms with Crippen molar-refractivity contribution in [2.24, 2.45) is 5.73 Å². The summed E-state index contributed by atoms with van der Waals surface area (Å²) in [5, 5.41) is 8.88. The molecule has 0 aromatic rings. The molecule has 76 valence electrons. The van der Waals surface area contributed by atoms with E-state index >= 15 is 0 Å². The maximum absolute atomic E-state index is 8.88. The van der Waals surface area contributed by atoms with Crippen LogP contribution in [0.25, 0.3) is 0 Å². The van der Waals surface area contributed by atoms with E-state index in [1.54, 1.807) is 0 Å². The number of aliphatic hydroxyl groups excluding tert-OH is 1. The standard InChI is InChI=1S/C9H18N2OS/c10-9(13)7-11-5-2-1-3-8(11)4-6-12/h8,12H,1-7H2,(H2,10,13). The lowest BCUT2D eigenvalue weighted by Gasteiger charge is -2.35. The summed E-state index contributed by atoms with van der Waals surface area (Å²) in [6, 6.07) is 0.486. The predicted molar refractivity (Wildman–Crippen MR) is 57.7 cm³/mol. The number of likely N-dealkylation sites (tertiary alicyclic amines) is 1. The van der Waals surface area contributed by atoms with Crippen molar-refractivity contribution in [1.29, 1.82) is 0 Å². The molecule has 1 aliphatic rings. The Bertz CT molecular complexity index is 173. The third-order valence-electron chi connectivity index (χ3n) is 2.57. The molecule has 0 aromatic heterocycles. The largest absolute Gasteiger partial charge is 0.396 e. The Morgan fingerprint density at radius 1 is 1.54 bits per heavy atom. The van der Waals surface area contributed by atoms with Gasteiger partial charge in [-0.1, -0.05) is 18.6 Å². The van der Waals surface area contributed by atoms with E-state index < -0.39 is 0 Å². The van der Waals surface area contributed by atoms with Gasteiger partial charge in [0, 0.05) is 19.2 Å². The van der Waals surface area contributed by atoms with E-state index in [2.05, 4.69) is 4.90 Å². The van der Waals surface area contributed by atoms with Crippen LogP contribution < -0.4 is 5.73 Å². The second-order valence-corrected chi connectivity index (χ2v) is 4.12. The van der Waals surface area contributed by atoms with Gasteiger partial charge in [-0.05, 0) is 25.8 Å². The van der Waals surface area contributed by atoms with Crippen molar-refractivity contribution in [3.8, 4) is 0 Å². The first-order valence-corrected chi connectivity index (χ1v) is 5.28. The molecule has 3 nitrogen and oxygen atoms in total. The molecule has 0 spiro atoms. The second kappa shape index (κ2) is 5.52. The Labute approximate surface area is 84.9 Å². The van der Waals surface area contributed by atoms with Crippen LogP contribution in [0.1, 0.15) is 25.7 Å². The highest BCUT2D eigenvalue weighted by Gasteiger charge is 2.21. The molecule has 0 aliphatic carbocycles. The third-order valence-corrected chi connectivity index (χ3v) is 2.70. The summed E-state index contributed by atoms with van der Waals surface area (Å²) >= 11 is 4.89. The van der Waals surface area contributed by atoms with Crippen molar-refractivity contribution in [3.05, 3.63) is 0 Å². The molecule has 1 atom stereocenters. The monoisotopic (exact) mass is 202 g/mol. The molecule has 1 rings (SSSR count). The molecule has 0 aromatic carbocycles. The van der Waals surface area contributed by atoms with Gasteiger partial charge in [-0.15, -0.1) is 0 Å². The van der Waals surface area contributed by atoms with E-state index in [4.69, 9.17) is 23.1 Å². The van der Waals surface area contributed by atoms with Gasteiger partial charge in [-0.2, -0.15) is 0 Å². The third kappa shape index (κ3) is 3.58. The van der Waals surface area contributed by atoms with Crippen LogP contribution in [0.4, 0.5) is 0 Å². The van der Waals surface area contributed by atoms with Crippen LogP contribution in [-0.4, -0.2) is 40.7 Å². The van der Waals surface area contributed by atoms with E-state index in [9.17, 15) is 0 Å². The molecule has 4 heteroatoms. The van der Waals surface area contributed by atoms with Crippen molar-refractivity contribution in [2.45, 2.75) is 31.7 Å². The number of nitrogens with zero attached hydrogens (tertiary/aromatic N) is 1. The van der Waals surface area contributed by atoms with Crippen LogP contribution in [0.2, 0.25) is 0 Å². The molecular weight excluding hydrogens is 184 g/mol. The molecule has 1 unspecified atom stereocenters. The first-order valence-electron chi connectivity index (χ1n) is 4.87. The van der Waals surface area contributed by atoms with Gasteiger partial charge < -0.3 is 10.8 Å². The maximum Gasteiger partial charge on any atom is 0.0870 e. The number of aliphatic hydroxyl groups is 1. The minimum Gasteiger partial charge on any atom is -0.396 e. The van der Waals surface area contributed by atoms with Gasteiger partial charge in [-0.25, -0.2) is 0 Å². The minimum atomic E-state index is 0.262. The highest BCUT2D eigenvalue weighted by atomic mass is 32.1. The maximum atomic E-state index is 8.88. The smallest absolute Gasteiger partial charge is 0.0870 e. The molecule has 1 saturated heterocycles. The molecule has 3 N–H and O–H groups in total. The van der Waals surface area contributed by atoms with Crippen molar-refractivity contribution in [1.82, 2.24) is 4.90 Å². The Morgan fingerprint density at radius 2 is 2.31 bits per heavy atom. The van der Waals surface area contributed by atoms with Gasteiger partial charge in [0.25, 0.3) is 0 Å². The lowest BCUT2D eigenvalue weighted by Crippen LogP contribution is -2.44. The lowest BCUT2D eigenvalue weighted by molar-refractivity contribution is 0.136. The number of hydrogen-bond donors (Lipinski definition) is 2. The summed E-state index contributed by atoms with van der Waals surface area (Å²) in [4.78, 5) is 2.85. The summed E-state index contributed by atoms with van der Waals surface area (Å²) in [6.45, 7) is 2.04.